The number of guanidine groups is 1. The van der Waals surface area contributed by atoms with E-state index in [1.54, 1.807) is 12.1 Å². The zero-order valence-electron chi connectivity index (χ0n) is 16.3. The van der Waals surface area contributed by atoms with Crippen LogP contribution in [0, 0.1) is 0 Å². The molecule has 0 fully saturated rings. The average Bonchev–Trinajstić information content (AvgIpc) is 3.14. The Labute approximate surface area is 168 Å². The number of rotatable bonds is 8. The number of amides is 1. The molecule has 1 amide bonds. The molecule has 152 valence electrons. The minimum absolute atomic E-state index is 0.0752. The van der Waals surface area contributed by atoms with Crippen molar-refractivity contribution in [3.05, 3.63) is 60.0 Å². The molecular weight excluding hydrogens is 370 g/mol. The maximum absolute atomic E-state index is 12.0. The number of phenols is 1. The number of aliphatic imine (C=N–C) groups is 1. The van der Waals surface area contributed by atoms with Gasteiger partial charge in [-0.3, -0.25) is 9.20 Å². The Hall–Kier alpha value is -3.62. The average molecular weight is 395 g/mol. The molecule has 9 heteroatoms. The highest BCUT2D eigenvalue weighted by atomic mass is 16.3. The Morgan fingerprint density at radius 2 is 1.97 bits per heavy atom. The Bertz CT molecular complexity index is 984. The number of hydrogen-bond acceptors (Lipinski definition) is 5. The predicted octanol–water partition coefficient (Wildman–Crippen LogP) is 1.31. The number of aromatic hydroxyl groups is 1. The van der Waals surface area contributed by atoms with Crippen LogP contribution in [0.4, 0.5) is 0 Å². The van der Waals surface area contributed by atoms with Crippen molar-refractivity contribution in [2.24, 2.45) is 4.99 Å². The highest BCUT2D eigenvalue weighted by Gasteiger charge is 2.06. The maximum Gasteiger partial charge on any atom is 0.251 e. The lowest BCUT2D eigenvalue weighted by Gasteiger charge is -2.11. The molecule has 0 radical (unpaired) electrons. The van der Waals surface area contributed by atoms with E-state index >= 15 is 0 Å². The van der Waals surface area contributed by atoms with E-state index in [0.29, 0.717) is 31.2 Å². The topological polar surface area (TPSA) is 116 Å². The normalized spacial score (nSPS) is 11.4. The summed E-state index contributed by atoms with van der Waals surface area (Å²) in [5.74, 6) is 1.31. The largest absolute Gasteiger partial charge is 0.508 e. The van der Waals surface area contributed by atoms with Crippen LogP contribution in [-0.4, -0.2) is 51.2 Å². The third-order valence-corrected chi connectivity index (χ3v) is 4.15. The monoisotopic (exact) mass is 395 g/mol. The Kier molecular flexibility index (Phi) is 6.99. The van der Waals surface area contributed by atoms with Crippen molar-refractivity contribution in [1.29, 1.82) is 0 Å². The van der Waals surface area contributed by atoms with Crippen molar-refractivity contribution in [2.45, 2.75) is 19.9 Å². The number of aromatic nitrogens is 3. The van der Waals surface area contributed by atoms with Crippen LogP contribution in [0.2, 0.25) is 0 Å². The quantitative estimate of drug-likeness (QED) is 0.260. The number of pyridine rings is 1. The molecule has 0 bridgehead atoms. The van der Waals surface area contributed by atoms with Crippen molar-refractivity contribution in [3.8, 4) is 5.75 Å². The molecule has 0 saturated carbocycles. The molecule has 4 N–H and O–H groups in total. The van der Waals surface area contributed by atoms with Crippen molar-refractivity contribution in [2.75, 3.05) is 19.6 Å². The first kappa shape index (κ1) is 20.1. The van der Waals surface area contributed by atoms with Gasteiger partial charge in [0, 0.05) is 31.4 Å². The summed E-state index contributed by atoms with van der Waals surface area (Å²) in [6.45, 7) is 4.29. The van der Waals surface area contributed by atoms with Crippen LogP contribution in [0.25, 0.3) is 5.65 Å². The summed E-state index contributed by atoms with van der Waals surface area (Å²) in [5, 5.41) is 27.0. The van der Waals surface area contributed by atoms with E-state index in [-0.39, 0.29) is 11.7 Å². The van der Waals surface area contributed by atoms with Gasteiger partial charge < -0.3 is 21.1 Å². The molecule has 2 heterocycles. The van der Waals surface area contributed by atoms with Crippen LogP contribution >= 0.6 is 0 Å². The molecule has 0 saturated heterocycles. The van der Waals surface area contributed by atoms with Gasteiger partial charge in [0.25, 0.3) is 5.91 Å². The lowest BCUT2D eigenvalue weighted by molar-refractivity contribution is 0.0953. The van der Waals surface area contributed by atoms with Gasteiger partial charge in [0.2, 0.25) is 0 Å². The number of fused-ring (bicyclic) bond motifs is 1. The molecule has 0 aliphatic heterocycles. The molecule has 0 aliphatic rings. The Morgan fingerprint density at radius 3 is 2.79 bits per heavy atom. The molecule has 2 aromatic heterocycles. The van der Waals surface area contributed by atoms with Gasteiger partial charge in [-0.15, -0.1) is 10.2 Å². The second kappa shape index (κ2) is 10.1. The number of nitrogens with zero attached hydrogens (tertiary/aromatic N) is 4. The van der Waals surface area contributed by atoms with Crippen LogP contribution in [-0.2, 0) is 6.54 Å². The van der Waals surface area contributed by atoms with Crippen molar-refractivity contribution in [1.82, 2.24) is 30.5 Å². The van der Waals surface area contributed by atoms with E-state index in [9.17, 15) is 9.90 Å². The first-order valence-corrected chi connectivity index (χ1v) is 9.55. The minimum Gasteiger partial charge on any atom is -0.508 e. The van der Waals surface area contributed by atoms with Crippen LogP contribution in [0.5, 0.6) is 5.75 Å². The van der Waals surface area contributed by atoms with E-state index in [1.165, 1.54) is 12.1 Å². The zero-order valence-corrected chi connectivity index (χ0v) is 16.3. The molecule has 9 nitrogen and oxygen atoms in total. The molecule has 1 aromatic carbocycles. The summed E-state index contributed by atoms with van der Waals surface area (Å²) < 4.78 is 1.91. The van der Waals surface area contributed by atoms with E-state index in [2.05, 4.69) is 31.1 Å². The van der Waals surface area contributed by atoms with Crippen LogP contribution in [0.3, 0.4) is 0 Å². The van der Waals surface area contributed by atoms with Gasteiger partial charge in [-0.25, -0.2) is 4.99 Å². The molecule has 0 aliphatic carbocycles. The van der Waals surface area contributed by atoms with E-state index in [1.807, 2.05) is 35.7 Å². The standard InChI is InChI=1S/C20H25N7O2/c1-2-21-20(24-14-18-26-25-17-9-3-4-12-27(17)18)23-11-6-10-22-19(29)15-7-5-8-16(28)13-15/h3-5,7-9,12-13,28H,2,6,10-11,14H2,1H3,(H,22,29)(H2,21,23,24). The van der Waals surface area contributed by atoms with E-state index in [4.69, 9.17) is 0 Å². The minimum atomic E-state index is -0.208. The van der Waals surface area contributed by atoms with Crippen molar-refractivity contribution in [3.63, 3.8) is 0 Å². The van der Waals surface area contributed by atoms with Gasteiger partial charge in [0.1, 0.15) is 12.3 Å². The van der Waals surface area contributed by atoms with Crippen LogP contribution in [0.15, 0.2) is 53.7 Å². The third kappa shape index (κ3) is 5.68. The Balaban J connectivity index is 1.45. The SMILES string of the molecule is CCNC(=NCc1nnc2ccccn12)NCCCNC(=O)c1cccc(O)c1. The van der Waals surface area contributed by atoms with Gasteiger partial charge in [0.15, 0.2) is 17.4 Å². The highest BCUT2D eigenvalue weighted by Crippen LogP contribution is 2.10. The van der Waals surface area contributed by atoms with Gasteiger partial charge in [-0.1, -0.05) is 12.1 Å². The molecule has 0 spiro atoms. The summed E-state index contributed by atoms with van der Waals surface area (Å²) in [6.07, 6.45) is 2.64. The molecule has 29 heavy (non-hydrogen) atoms. The lowest BCUT2D eigenvalue weighted by atomic mass is 10.2. The number of hydrogen-bond donors (Lipinski definition) is 4. The number of carbonyl (C=O) groups is 1. The molecular formula is C20H25N7O2. The first-order chi connectivity index (χ1) is 14.2. The molecule has 3 rings (SSSR count). The van der Waals surface area contributed by atoms with Crippen LogP contribution < -0.4 is 16.0 Å². The van der Waals surface area contributed by atoms with Crippen molar-refractivity contribution < 1.29 is 9.90 Å². The van der Waals surface area contributed by atoms with E-state index in [0.717, 1.165) is 24.4 Å². The van der Waals surface area contributed by atoms with E-state index < -0.39 is 0 Å². The Morgan fingerprint density at radius 1 is 1.10 bits per heavy atom. The van der Waals surface area contributed by atoms with Gasteiger partial charge in [0.05, 0.1) is 0 Å². The summed E-state index contributed by atoms with van der Waals surface area (Å²) in [5.41, 5.74) is 1.23. The fourth-order valence-electron chi connectivity index (χ4n) is 2.74. The summed E-state index contributed by atoms with van der Waals surface area (Å²) in [4.78, 5) is 16.6. The fourth-order valence-corrected chi connectivity index (χ4v) is 2.74. The maximum atomic E-state index is 12.0. The van der Waals surface area contributed by atoms with Gasteiger partial charge >= 0.3 is 0 Å². The second-order valence-corrected chi connectivity index (χ2v) is 6.33. The number of phenolic OH excluding ortho intramolecular Hbond substituents is 1. The number of nitrogens with one attached hydrogen (secondary N) is 3. The fraction of sp³-hybridized carbons (Fsp3) is 0.300. The van der Waals surface area contributed by atoms with Gasteiger partial charge in [-0.2, -0.15) is 0 Å². The molecule has 0 unspecified atom stereocenters. The summed E-state index contributed by atoms with van der Waals surface area (Å²) in [7, 11) is 0. The van der Waals surface area contributed by atoms with Crippen molar-refractivity contribution >= 4 is 17.5 Å². The highest BCUT2D eigenvalue weighted by molar-refractivity contribution is 5.94. The first-order valence-electron chi connectivity index (χ1n) is 9.55. The summed E-state index contributed by atoms with van der Waals surface area (Å²) in [6, 6.07) is 12.0. The second-order valence-electron chi connectivity index (χ2n) is 6.33. The molecule has 0 atom stereocenters. The predicted molar refractivity (Wildman–Crippen MR) is 111 cm³/mol. The smallest absolute Gasteiger partial charge is 0.251 e. The third-order valence-electron chi connectivity index (χ3n) is 4.15. The number of carbonyl (C=O) groups excluding carboxylic acids is 1. The van der Waals surface area contributed by atoms with Gasteiger partial charge in [-0.05, 0) is 43.7 Å². The lowest BCUT2D eigenvalue weighted by Crippen LogP contribution is -2.38. The molecule has 3 aromatic rings. The number of benzene rings is 1. The zero-order chi connectivity index (χ0) is 20.5. The summed E-state index contributed by atoms with van der Waals surface area (Å²) >= 11 is 0. The van der Waals surface area contributed by atoms with Crippen LogP contribution in [0.1, 0.15) is 29.5 Å².